The SMILES string of the molecule is Cc1ccc(OCC(=O)O)cc1/C=C/Cn1cc(C(c2ccccc2)c2ccccc2)cn1. The number of nitrogens with zero attached hydrogens (tertiary/aromatic N) is 2. The molecule has 0 bridgehead atoms. The molecule has 0 radical (unpaired) electrons. The van der Waals surface area contributed by atoms with E-state index in [1.807, 2.05) is 54.2 Å². The molecule has 166 valence electrons. The van der Waals surface area contributed by atoms with Gasteiger partial charge in [0.2, 0.25) is 0 Å². The number of aryl methyl sites for hydroxylation is 1. The third-order valence-corrected chi connectivity index (χ3v) is 5.46. The number of allylic oxidation sites excluding steroid dienone is 1. The quantitative estimate of drug-likeness (QED) is 0.372. The van der Waals surface area contributed by atoms with Crippen molar-refractivity contribution in [1.82, 2.24) is 9.78 Å². The Morgan fingerprint density at radius 1 is 1.00 bits per heavy atom. The van der Waals surface area contributed by atoms with Crippen molar-refractivity contribution < 1.29 is 14.6 Å². The molecule has 0 aliphatic heterocycles. The van der Waals surface area contributed by atoms with Gasteiger partial charge in [0.05, 0.1) is 12.7 Å². The van der Waals surface area contributed by atoms with Gasteiger partial charge in [-0.25, -0.2) is 4.79 Å². The highest BCUT2D eigenvalue weighted by atomic mass is 16.5. The first-order valence-electron chi connectivity index (χ1n) is 10.8. The Hall–Kier alpha value is -4.12. The molecule has 1 aromatic heterocycles. The van der Waals surface area contributed by atoms with Crippen LogP contribution in [0.2, 0.25) is 0 Å². The second kappa shape index (κ2) is 10.5. The van der Waals surface area contributed by atoms with Crippen LogP contribution in [0.15, 0.2) is 97.3 Å². The molecule has 4 rings (SSSR count). The average molecular weight is 439 g/mol. The number of benzene rings is 3. The number of carbonyl (C=O) groups is 1. The number of ether oxygens (including phenoxy) is 1. The lowest BCUT2D eigenvalue weighted by Gasteiger charge is -2.16. The molecule has 0 aliphatic rings. The van der Waals surface area contributed by atoms with Crippen molar-refractivity contribution in [2.24, 2.45) is 0 Å². The van der Waals surface area contributed by atoms with Gasteiger partial charge in [0.25, 0.3) is 0 Å². The lowest BCUT2D eigenvalue weighted by Crippen LogP contribution is -2.09. The van der Waals surface area contributed by atoms with Crippen molar-refractivity contribution >= 4 is 12.0 Å². The zero-order chi connectivity index (χ0) is 23.0. The monoisotopic (exact) mass is 438 g/mol. The van der Waals surface area contributed by atoms with E-state index in [4.69, 9.17) is 9.84 Å². The normalized spacial score (nSPS) is 11.2. The average Bonchev–Trinajstić information content (AvgIpc) is 3.29. The van der Waals surface area contributed by atoms with Crippen LogP contribution in [-0.2, 0) is 11.3 Å². The molecule has 0 atom stereocenters. The Labute approximate surface area is 193 Å². The van der Waals surface area contributed by atoms with Crippen molar-refractivity contribution in [3.8, 4) is 5.75 Å². The summed E-state index contributed by atoms with van der Waals surface area (Å²) in [5.41, 5.74) is 5.67. The van der Waals surface area contributed by atoms with Gasteiger partial charge in [-0.15, -0.1) is 0 Å². The third-order valence-electron chi connectivity index (χ3n) is 5.46. The largest absolute Gasteiger partial charge is 0.482 e. The molecule has 5 nitrogen and oxygen atoms in total. The van der Waals surface area contributed by atoms with Gasteiger partial charge in [-0.1, -0.05) is 78.9 Å². The highest BCUT2D eigenvalue weighted by Crippen LogP contribution is 2.31. The predicted octanol–water partition coefficient (Wildman–Crippen LogP) is 5.55. The van der Waals surface area contributed by atoms with E-state index in [-0.39, 0.29) is 12.5 Å². The maximum atomic E-state index is 10.7. The van der Waals surface area contributed by atoms with Crippen LogP contribution >= 0.6 is 0 Å². The van der Waals surface area contributed by atoms with E-state index < -0.39 is 5.97 Å². The van der Waals surface area contributed by atoms with Crippen LogP contribution in [0.4, 0.5) is 0 Å². The van der Waals surface area contributed by atoms with Crippen LogP contribution in [0.1, 0.15) is 33.7 Å². The van der Waals surface area contributed by atoms with E-state index in [2.05, 4.69) is 59.8 Å². The van der Waals surface area contributed by atoms with Gasteiger partial charge in [0.15, 0.2) is 6.61 Å². The third kappa shape index (κ3) is 5.77. The first kappa shape index (κ1) is 22.1. The van der Waals surface area contributed by atoms with E-state index in [0.717, 1.165) is 16.7 Å². The van der Waals surface area contributed by atoms with Gasteiger partial charge in [-0.2, -0.15) is 5.10 Å². The summed E-state index contributed by atoms with van der Waals surface area (Å²) in [6, 6.07) is 26.5. The molecule has 1 N–H and O–H groups in total. The fourth-order valence-corrected chi connectivity index (χ4v) is 3.82. The van der Waals surface area contributed by atoms with Gasteiger partial charge in [-0.3, -0.25) is 4.68 Å². The van der Waals surface area contributed by atoms with Gasteiger partial charge < -0.3 is 9.84 Å². The van der Waals surface area contributed by atoms with Crippen LogP contribution in [0.5, 0.6) is 5.75 Å². The lowest BCUT2D eigenvalue weighted by atomic mass is 9.87. The summed E-state index contributed by atoms with van der Waals surface area (Å²) in [7, 11) is 0. The first-order valence-corrected chi connectivity index (χ1v) is 10.8. The molecular formula is C28H26N2O3. The number of aromatic nitrogens is 2. The summed E-state index contributed by atoms with van der Waals surface area (Å²) in [5, 5.41) is 13.4. The minimum atomic E-state index is -0.994. The molecule has 4 aromatic rings. The van der Waals surface area contributed by atoms with Crippen molar-refractivity contribution in [3.63, 3.8) is 0 Å². The first-order chi connectivity index (χ1) is 16.1. The lowest BCUT2D eigenvalue weighted by molar-refractivity contribution is -0.139. The van der Waals surface area contributed by atoms with Crippen LogP contribution in [-0.4, -0.2) is 27.5 Å². The van der Waals surface area contributed by atoms with Gasteiger partial charge >= 0.3 is 5.97 Å². The highest BCUT2D eigenvalue weighted by Gasteiger charge is 2.18. The number of carboxylic acids is 1. The van der Waals surface area contributed by atoms with E-state index in [0.29, 0.717) is 12.3 Å². The minimum absolute atomic E-state index is 0.121. The zero-order valence-electron chi connectivity index (χ0n) is 18.5. The van der Waals surface area contributed by atoms with Crippen molar-refractivity contribution in [1.29, 1.82) is 0 Å². The molecular weight excluding hydrogens is 412 g/mol. The summed E-state index contributed by atoms with van der Waals surface area (Å²) >= 11 is 0. The molecule has 0 unspecified atom stereocenters. The Balaban J connectivity index is 1.51. The highest BCUT2D eigenvalue weighted by molar-refractivity contribution is 5.68. The predicted molar refractivity (Wildman–Crippen MR) is 129 cm³/mol. The topological polar surface area (TPSA) is 64.3 Å². The Morgan fingerprint density at radius 2 is 1.67 bits per heavy atom. The summed E-state index contributed by atoms with van der Waals surface area (Å²) in [5.74, 6) is -0.334. The number of hydrogen-bond donors (Lipinski definition) is 1. The summed E-state index contributed by atoms with van der Waals surface area (Å²) in [4.78, 5) is 10.7. The molecule has 0 spiro atoms. The van der Waals surface area contributed by atoms with Crippen LogP contribution < -0.4 is 4.74 Å². The summed E-state index contributed by atoms with van der Waals surface area (Å²) < 4.78 is 7.21. The van der Waals surface area contributed by atoms with Crippen LogP contribution in [0, 0.1) is 6.92 Å². The molecule has 3 aromatic carbocycles. The molecule has 1 heterocycles. The Morgan fingerprint density at radius 3 is 2.30 bits per heavy atom. The fourth-order valence-electron chi connectivity index (χ4n) is 3.82. The maximum absolute atomic E-state index is 10.7. The van der Waals surface area contributed by atoms with Crippen molar-refractivity contribution in [3.05, 3.63) is 125 Å². The fraction of sp³-hybridized carbons (Fsp3) is 0.143. The molecule has 0 fully saturated rings. The minimum Gasteiger partial charge on any atom is -0.482 e. The van der Waals surface area contributed by atoms with E-state index in [1.165, 1.54) is 11.1 Å². The zero-order valence-corrected chi connectivity index (χ0v) is 18.5. The van der Waals surface area contributed by atoms with Gasteiger partial charge in [-0.05, 0) is 41.3 Å². The Bertz CT molecular complexity index is 1190. The number of rotatable bonds is 9. The molecule has 0 saturated carbocycles. The molecule has 33 heavy (non-hydrogen) atoms. The van der Waals surface area contributed by atoms with Crippen molar-refractivity contribution in [2.45, 2.75) is 19.4 Å². The second-order valence-electron chi connectivity index (χ2n) is 7.85. The molecule has 0 saturated heterocycles. The van der Waals surface area contributed by atoms with Crippen LogP contribution in [0.25, 0.3) is 6.08 Å². The molecule has 0 aliphatic carbocycles. The number of hydrogen-bond acceptors (Lipinski definition) is 3. The van der Waals surface area contributed by atoms with Crippen molar-refractivity contribution in [2.75, 3.05) is 6.61 Å². The second-order valence-corrected chi connectivity index (χ2v) is 7.85. The molecule has 0 amide bonds. The molecule has 5 heteroatoms. The van der Waals surface area contributed by atoms with Gasteiger partial charge in [0.1, 0.15) is 5.75 Å². The summed E-state index contributed by atoms with van der Waals surface area (Å²) in [6.07, 6.45) is 8.08. The smallest absolute Gasteiger partial charge is 0.341 e. The van der Waals surface area contributed by atoms with Gasteiger partial charge in [0, 0.05) is 17.7 Å². The standard InChI is InChI=1S/C28H26N2O3/c1-21-14-15-26(33-20-27(31)32)17-24(21)13-8-16-30-19-25(18-29-30)28(22-9-4-2-5-10-22)23-11-6-3-7-12-23/h2-15,17-19,28H,16,20H2,1H3,(H,31,32)/b13-8+. The van der Waals surface area contributed by atoms with E-state index in [1.54, 1.807) is 6.07 Å². The summed E-state index contributed by atoms with van der Waals surface area (Å²) in [6.45, 7) is 2.28. The number of carboxylic acid groups (broad SMARTS) is 1. The van der Waals surface area contributed by atoms with Crippen LogP contribution in [0.3, 0.4) is 0 Å². The number of aliphatic carboxylic acids is 1. The van der Waals surface area contributed by atoms with E-state index >= 15 is 0 Å². The Kier molecular flexibility index (Phi) is 7.00. The van der Waals surface area contributed by atoms with E-state index in [9.17, 15) is 4.79 Å². The maximum Gasteiger partial charge on any atom is 0.341 e.